The standard InChI is InChI=1S/C21H29FN2O/c1-15-4-3-5-18(12-15)23-10-8-21(9-11-23)14-24(16(2)25)20-7-6-17(22)13-19(20)21/h6-7,13,15,18H,3-5,8-12,14H2,1-2H3/t15-,18?/m1/s1. The quantitative estimate of drug-likeness (QED) is 0.766. The summed E-state index contributed by atoms with van der Waals surface area (Å²) in [5.74, 6) is 0.712. The highest BCUT2D eigenvalue weighted by molar-refractivity contribution is 5.94. The van der Waals surface area contributed by atoms with Crippen LogP contribution < -0.4 is 4.90 Å². The van der Waals surface area contributed by atoms with Crippen LogP contribution in [0.5, 0.6) is 0 Å². The van der Waals surface area contributed by atoms with Crippen LogP contribution in [-0.4, -0.2) is 36.5 Å². The zero-order chi connectivity index (χ0) is 17.6. The zero-order valence-electron chi connectivity index (χ0n) is 15.4. The third kappa shape index (κ3) is 2.99. The van der Waals surface area contributed by atoms with E-state index >= 15 is 0 Å². The minimum absolute atomic E-state index is 0.0557. The number of anilines is 1. The fourth-order valence-electron chi connectivity index (χ4n) is 5.40. The molecular formula is C21H29FN2O. The van der Waals surface area contributed by atoms with Gasteiger partial charge in [-0.1, -0.05) is 19.8 Å². The van der Waals surface area contributed by atoms with Crippen molar-refractivity contribution in [3.8, 4) is 0 Å². The summed E-state index contributed by atoms with van der Waals surface area (Å²) in [7, 11) is 0. The van der Waals surface area contributed by atoms with Gasteiger partial charge in [-0.05, 0) is 68.5 Å². The van der Waals surface area contributed by atoms with E-state index < -0.39 is 0 Å². The lowest BCUT2D eigenvalue weighted by Crippen LogP contribution is -2.49. The number of benzene rings is 1. The summed E-state index contributed by atoms with van der Waals surface area (Å²) in [6.45, 7) is 6.84. The summed E-state index contributed by atoms with van der Waals surface area (Å²) in [4.78, 5) is 16.6. The Morgan fingerprint density at radius 2 is 2.00 bits per heavy atom. The molecule has 25 heavy (non-hydrogen) atoms. The molecule has 1 saturated heterocycles. The van der Waals surface area contributed by atoms with Gasteiger partial charge in [0.2, 0.25) is 5.91 Å². The Morgan fingerprint density at radius 3 is 2.68 bits per heavy atom. The predicted octanol–water partition coefficient (Wildman–Crippen LogP) is 4.10. The molecule has 4 heteroatoms. The van der Waals surface area contributed by atoms with Crippen molar-refractivity contribution >= 4 is 11.6 Å². The second kappa shape index (κ2) is 6.39. The summed E-state index contributed by atoms with van der Waals surface area (Å²) in [5.41, 5.74) is 1.92. The van der Waals surface area contributed by atoms with Gasteiger partial charge in [0.15, 0.2) is 0 Å². The van der Waals surface area contributed by atoms with E-state index in [0.717, 1.165) is 55.7 Å². The molecule has 2 fully saturated rings. The van der Waals surface area contributed by atoms with Crippen molar-refractivity contribution in [2.45, 2.75) is 63.8 Å². The summed E-state index contributed by atoms with van der Waals surface area (Å²) in [5, 5.41) is 0. The first-order valence-corrected chi connectivity index (χ1v) is 9.81. The highest BCUT2D eigenvalue weighted by Gasteiger charge is 2.46. The van der Waals surface area contributed by atoms with Crippen molar-refractivity contribution in [2.75, 3.05) is 24.5 Å². The zero-order valence-corrected chi connectivity index (χ0v) is 15.4. The van der Waals surface area contributed by atoms with Crippen molar-refractivity contribution in [3.63, 3.8) is 0 Å². The fourth-order valence-corrected chi connectivity index (χ4v) is 5.40. The van der Waals surface area contributed by atoms with Crippen LogP contribution in [0.2, 0.25) is 0 Å². The van der Waals surface area contributed by atoms with E-state index in [0.29, 0.717) is 0 Å². The number of hydrogen-bond acceptors (Lipinski definition) is 2. The van der Waals surface area contributed by atoms with Crippen LogP contribution >= 0.6 is 0 Å². The van der Waals surface area contributed by atoms with Crippen LogP contribution in [0.25, 0.3) is 0 Å². The van der Waals surface area contributed by atoms with Crippen molar-refractivity contribution in [1.82, 2.24) is 4.90 Å². The molecule has 2 aliphatic heterocycles. The first-order valence-electron chi connectivity index (χ1n) is 9.81. The third-order valence-corrected chi connectivity index (χ3v) is 6.84. The number of amides is 1. The molecule has 0 N–H and O–H groups in total. The van der Waals surface area contributed by atoms with Gasteiger partial charge in [0.25, 0.3) is 0 Å². The van der Waals surface area contributed by atoms with Gasteiger partial charge in [0, 0.05) is 30.6 Å². The van der Waals surface area contributed by atoms with Gasteiger partial charge in [-0.2, -0.15) is 0 Å². The molecule has 1 aliphatic carbocycles. The van der Waals surface area contributed by atoms with Crippen LogP contribution in [0.1, 0.15) is 57.9 Å². The first kappa shape index (κ1) is 17.0. The number of piperidine rings is 1. The Bertz CT molecular complexity index is 666. The molecule has 1 aromatic rings. The van der Waals surface area contributed by atoms with Gasteiger partial charge < -0.3 is 9.80 Å². The van der Waals surface area contributed by atoms with Gasteiger partial charge in [-0.25, -0.2) is 4.39 Å². The van der Waals surface area contributed by atoms with Crippen molar-refractivity contribution in [2.24, 2.45) is 5.92 Å². The van der Waals surface area contributed by atoms with E-state index in [1.165, 1.54) is 31.7 Å². The minimum atomic E-state index is -0.188. The first-order chi connectivity index (χ1) is 12.0. The SMILES string of the molecule is CC(=O)N1CC2(CCN(C3CCC[C@@H](C)C3)CC2)c2cc(F)ccc21. The average molecular weight is 344 g/mol. The largest absolute Gasteiger partial charge is 0.311 e. The highest BCUT2D eigenvalue weighted by atomic mass is 19.1. The Hall–Kier alpha value is -1.42. The second-order valence-corrected chi connectivity index (χ2v) is 8.51. The molecule has 3 aliphatic rings. The molecule has 0 bridgehead atoms. The molecule has 1 unspecified atom stereocenters. The average Bonchev–Trinajstić information content (AvgIpc) is 2.90. The summed E-state index contributed by atoms with van der Waals surface area (Å²) < 4.78 is 13.9. The molecule has 3 nitrogen and oxygen atoms in total. The Balaban J connectivity index is 1.54. The molecule has 136 valence electrons. The van der Waals surface area contributed by atoms with E-state index in [9.17, 15) is 9.18 Å². The van der Waals surface area contributed by atoms with E-state index in [2.05, 4.69) is 11.8 Å². The maximum Gasteiger partial charge on any atom is 0.223 e. The summed E-state index contributed by atoms with van der Waals surface area (Å²) >= 11 is 0. The van der Waals surface area contributed by atoms with Crippen molar-refractivity contribution in [3.05, 3.63) is 29.6 Å². The minimum Gasteiger partial charge on any atom is -0.311 e. The number of likely N-dealkylation sites (tertiary alicyclic amines) is 1. The maximum absolute atomic E-state index is 13.9. The molecule has 1 spiro atoms. The Labute approximate surface area is 150 Å². The summed E-state index contributed by atoms with van der Waals surface area (Å²) in [6, 6.07) is 5.66. The van der Waals surface area contributed by atoms with Crippen LogP contribution in [0.15, 0.2) is 18.2 Å². The van der Waals surface area contributed by atoms with Gasteiger partial charge in [0.05, 0.1) is 0 Å². The van der Waals surface area contributed by atoms with Gasteiger partial charge in [-0.3, -0.25) is 4.79 Å². The van der Waals surface area contributed by atoms with E-state index in [-0.39, 0.29) is 17.1 Å². The fraction of sp³-hybridized carbons (Fsp3) is 0.667. The third-order valence-electron chi connectivity index (χ3n) is 6.84. The number of fused-ring (bicyclic) bond motifs is 2. The maximum atomic E-state index is 13.9. The van der Waals surface area contributed by atoms with Crippen LogP contribution in [0.3, 0.4) is 0 Å². The second-order valence-electron chi connectivity index (χ2n) is 8.51. The molecule has 0 radical (unpaired) electrons. The number of carbonyl (C=O) groups is 1. The Kier molecular flexibility index (Phi) is 4.35. The van der Waals surface area contributed by atoms with Crippen LogP contribution in [-0.2, 0) is 10.2 Å². The lowest BCUT2D eigenvalue weighted by atomic mass is 9.73. The van der Waals surface area contributed by atoms with E-state index in [1.54, 1.807) is 19.1 Å². The smallest absolute Gasteiger partial charge is 0.223 e. The number of nitrogens with zero attached hydrogens (tertiary/aromatic N) is 2. The molecular weight excluding hydrogens is 315 g/mol. The van der Waals surface area contributed by atoms with Crippen LogP contribution in [0.4, 0.5) is 10.1 Å². The molecule has 1 aromatic carbocycles. The van der Waals surface area contributed by atoms with Crippen molar-refractivity contribution < 1.29 is 9.18 Å². The normalized spacial score (nSPS) is 29.0. The molecule has 1 saturated carbocycles. The molecule has 0 aromatic heterocycles. The van der Waals surface area contributed by atoms with Gasteiger partial charge >= 0.3 is 0 Å². The van der Waals surface area contributed by atoms with Gasteiger partial charge in [-0.15, -0.1) is 0 Å². The lowest BCUT2D eigenvalue weighted by molar-refractivity contribution is -0.116. The topological polar surface area (TPSA) is 23.6 Å². The predicted molar refractivity (Wildman–Crippen MR) is 98.3 cm³/mol. The molecule has 2 atom stereocenters. The Morgan fingerprint density at radius 1 is 1.24 bits per heavy atom. The van der Waals surface area contributed by atoms with Crippen LogP contribution in [0, 0.1) is 11.7 Å². The van der Waals surface area contributed by atoms with E-state index in [1.807, 2.05) is 4.90 Å². The summed E-state index contributed by atoms with van der Waals surface area (Å²) in [6.07, 6.45) is 7.41. The van der Waals surface area contributed by atoms with Gasteiger partial charge in [0.1, 0.15) is 5.82 Å². The number of carbonyl (C=O) groups excluding carboxylic acids is 1. The monoisotopic (exact) mass is 344 g/mol. The number of rotatable bonds is 1. The molecule has 4 rings (SSSR count). The highest BCUT2D eigenvalue weighted by Crippen LogP contribution is 2.48. The number of halogens is 1. The molecule has 1 amide bonds. The lowest BCUT2D eigenvalue weighted by Gasteiger charge is -2.45. The molecule has 2 heterocycles. The van der Waals surface area contributed by atoms with E-state index in [4.69, 9.17) is 0 Å². The number of hydrogen-bond donors (Lipinski definition) is 0. The van der Waals surface area contributed by atoms with Crippen molar-refractivity contribution in [1.29, 1.82) is 0 Å².